The molecule has 0 saturated heterocycles. The van der Waals surface area contributed by atoms with E-state index in [0.717, 1.165) is 0 Å². The summed E-state index contributed by atoms with van der Waals surface area (Å²) < 4.78 is 0. The van der Waals surface area contributed by atoms with Crippen molar-refractivity contribution in [2.45, 2.75) is 0 Å². The second-order valence-electron chi connectivity index (χ2n) is 2.18. The van der Waals surface area contributed by atoms with E-state index in [1.807, 2.05) is 0 Å². The summed E-state index contributed by atoms with van der Waals surface area (Å²) in [7, 11) is 0. The summed E-state index contributed by atoms with van der Waals surface area (Å²) in [6.07, 6.45) is 0. The predicted octanol–water partition coefficient (Wildman–Crippen LogP) is 2.53. The summed E-state index contributed by atoms with van der Waals surface area (Å²) >= 11 is 11.6. The first-order valence-corrected chi connectivity index (χ1v) is 4.06. The van der Waals surface area contributed by atoms with Crippen LogP contribution in [-0.2, 0) is 0 Å². The number of nitrogens with zero attached hydrogens (tertiary/aromatic N) is 2. The number of hydrogen-bond donors (Lipinski definition) is 1. The zero-order valence-electron chi connectivity index (χ0n) is 6.46. The maximum Gasteiger partial charge on any atom is 0.217 e. The third kappa shape index (κ3) is 2.11. The van der Waals surface area contributed by atoms with Gasteiger partial charge >= 0.3 is 0 Å². The molecule has 0 saturated carbocycles. The van der Waals surface area contributed by atoms with Crippen LogP contribution in [0.1, 0.15) is 5.56 Å². The van der Waals surface area contributed by atoms with Crippen LogP contribution in [0.25, 0.3) is 4.95 Å². The average Bonchev–Trinajstić information content (AvgIpc) is 2.04. The highest BCUT2D eigenvalue weighted by atomic mass is 35.5. The molecule has 0 aliphatic heterocycles. The van der Waals surface area contributed by atoms with Crippen LogP contribution >= 0.6 is 23.2 Å². The molecule has 0 unspecified atom stereocenters. The molecule has 0 aromatic heterocycles. The Morgan fingerprint density at radius 1 is 1.38 bits per heavy atom. The molecule has 0 heterocycles. The Balaban J connectivity index is 3.30. The van der Waals surface area contributed by atoms with Gasteiger partial charge in [-0.2, -0.15) is 6.57 Å². The molecule has 13 heavy (non-hydrogen) atoms. The number of halogens is 2. The minimum Gasteiger partial charge on any atom is -0.377 e. The van der Waals surface area contributed by atoms with Crippen molar-refractivity contribution in [2.75, 3.05) is 0 Å². The summed E-state index contributed by atoms with van der Waals surface area (Å²) in [6.45, 7) is 6.49. The molecule has 2 N–H and O–H groups in total. The Kier molecular flexibility index (Phi) is 3.13. The van der Waals surface area contributed by atoms with Crippen molar-refractivity contribution in [3.8, 4) is 0 Å². The molecule has 0 radical (unpaired) electrons. The molecular formula is C8H5Cl2N3. The van der Waals surface area contributed by atoms with E-state index in [2.05, 4.69) is 10.1 Å². The van der Waals surface area contributed by atoms with Gasteiger partial charge in [0.05, 0.1) is 15.6 Å². The number of nitrogens with two attached hydrogens (primary N) is 1. The summed E-state index contributed by atoms with van der Waals surface area (Å²) in [6, 6.07) is 4.96. The van der Waals surface area contributed by atoms with Crippen LogP contribution in [0.4, 0.5) is 0 Å². The van der Waals surface area contributed by atoms with Crippen molar-refractivity contribution in [2.24, 2.45) is 10.8 Å². The standard InChI is InChI=1S/C8H5Cl2N3/c1-12-13-8(11)7-5(9)3-2-4-6(7)10/h2-4H,(H2,11,13). The van der Waals surface area contributed by atoms with E-state index >= 15 is 0 Å². The van der Waals surface area contributed by atoms with Crippen molar-refractivity contribution >= 4 is 29.0 Å². The molecule has 1 rings (SSSR count). The first-order chi connectivity index (χ1) is 6.16. The third-order valence-electron chi connectivity index (χ3n) is 1.38. The minimum atomic E-state index is 0.0330. The van der Waals surface area contributed by atoms with Gasteiger partial charge in [0.1, 0.15) is 5.10 Å². The molecule has 1 aromatic carbocycles. The molecule has 0 fully saturated rings. The van der Waals surface area contributed by atoms with Gasteiger partial charge < -0.3 is 5.73 Å². The molecule has 66 valence electrons. The Morgan fingerprint density at radius 3 is 2.38 bits per heavy atom. The minimum absolute atomic E-state index is 0.0330. The molecule has 0 amide bonds. The molecule has 0 atom stereocenters. The quantitative estimate of drug-likeness (QED) is 0.332. The SMILES string of the molecule is [C-]#[N+]N=C(N)c1c(Cl)cccc1Cl. The first-order valence-electron chi connectivity index (χ1n) is 3.31. The number of rotatable bonds is 1. The van der Waals surface area contributed by atoms with Gasteiger partial charge in [0.15, 0.2) is 0 Å². The van der Waals surface area contributed by atoms with Gasteiger partial charge in [-0.1, -0.05) is 29.3 Å². The Bertz CT molecular complexity index is 373. The molecule has 5 heteroatoms. The summed E-state index contributed by atoms with van der Waals surface area (Å²) in [5.74, 6) is 0.0330. The normalized spacial score (nSPS) is 11.0. The molecule has 0 aliphatic carbocycles. The van der Waals surface area contributed by atoms with Crippen molar-refractivity contribution in [3.63, 3.8) is 0 Å². The summed E-state index contributed by atoms with van der Waals surface area (Å²) in [5.41, 5.74) is 5.88. The fourth-order valence-electron chi connectivity index (χ4n) is 0.846. The van der Waals surface area contributed by atoms with Crippen LogP contribution in [0.2, 0.25) is 10.0 Å². The maximum atomic E-state index is 6.49. The van der Waals surface area contributed by atoms with Gasteiger partial charge in [0, 0.05) is 0 Å². The fourth-order valence-corrected chi connectivity index (χ4v) is 1.44. The predicted molar refractivity (Wildman–Crippen MR) is 53.8 cm³/mol. The van der Waals surface area contributed by atoms with E-state index in [1.165, 1.54) is 0 Å². The highest BCUT2D eigenvalue weighted by molar-refractivity contribution is 6.39. The van der Waals surface area contributed by atoms with Gasteiger partial charge in [-0.05, 0) is 12.1 Å². The molecule has 0 spiro atoms. The highest BCUT2D eigenvalue weighted by Crippen LogP contribution is 2.23. The van der Waals surface area contributed by atoms with E-state index in [9.17, 15) is 0 Å². The van der Waals surface area contributed by atoms with Crippen molar-refractivity contribution in [1.29, 1.82) is 0 Å². The lowest BCUT2D eigenvalue weighted by molar-refractivity contribution is 1.46. The van der Waals surface area contributed by atoms with Gasteiger partial charge in [-0.3, -0.25) is 0 Å². The van der Waals surface area contributed by atoms with E-state index < -0.39 is 0 Å². The van der Waals surface area contributed by atoms with Crippen molar-refractivity contribution in [3.05, 3.63) is 45.3 Å². The number of benzene rings is 1. The molecule has 1 aromatic rings. The zero-order chi connectivity index (χ0) is 9.84. The second-order valence-corrected chi connectivity index (χ2v) is 3.00. The Morgan fingerprint density at radius 2 is 1.92 bits per heavy atom. The maximum absolute atomic E-state index is 6.49. The van der Waals surface area contributed by atoms with E-state index in [4.69, 9.17) is 35.5 Å². The van der Waals surface area contributed by atoms with E-state index in [0.29, 0.717) is 15.6 Å². The first kappa shape index (κ1) is 9.85. The van der Waals surface area contributed by atoms with Crippen LogP contribution in [0.3, 0.4) is 0 Å². The van der Waals surface area contributed by atoms with Crippen LogP contribution in [-0.4, -0.2) is 5.84 Å². The monoisotopic (exact) mass is 213 g/mol. The lowest BCUT2D eigenvalue weighted by atomic mass is 10.2. The average molecular weight is 214 g/mol. The Labute approximate surface area is 85.6 Å². The van der Waals surface area contributed by atoms with E-state index in [-0.39, 0.29) is 5.84 Å². The summed E-state index contributed by atoms with van der Waals surface area (Å²) in [4.78, 5) is 2.79. The molecule has 0 aliphatic rings. The van der Waals surface area contributed by atoms with Gasteiger partial charge in [-0.15, -0.1) is 4.95 Å². The van der Waals surface area contributed by atoms with Gasteiger partial charge in [0.25, 0.3) is 0 Å². The van der Waals surface area contributed by atoms with Gasteiger partial charge in [-0.25, -0.2) is 0 Å². The van der Waals surface area contributed by atoms with Crippen LogP contribution < -0.4 is 5.73 Å². The summed E-state index contributed by atoms with van der Waals surface area (Å²) in [5, 5.41) is 4.11. The lowest BCUT2D eigenvalue weighted by Gasteiger charge is -2.01. The van der Waals surface area contributed by atoms with Crippen molar-refractivity contribution < 1.29 is 0 Å². The van der Waals surface area contributed by atoms with Crippen LogP contribution in [0.15, 0.2) is 23.3 Å². The third-order valence-corrected chi connectivity index (χ3v) is 2.01. The smallest absolute Gasteiger partial charge is 0.217 e. The topological polar surface area (TPSA) is 42.7 Å². The largest absolute Gasteiger partial charge is 0.377 e. The van der Waals surface area contributed by atoms with Gasteiger partial charge in [0.2, 0.25) is 5.84 Å². The molecular weight excluding hydrogens is 209 g/mol. The fraction of sp³-hybridized carbons (Fsp3) is 0. The highest BCUT2D eigenvalue weighted by Gasteiger charge is 2.10. The zero-order valence-corrected chi connectivity index (χ0v) is 7.97. The Hall–Kier alpha value is -1.24. The van der Waals surface area contributed by atoms with Crippen LogP contribution in [0, 0.1) is 6.57 Å². The number of amidine groups is 1. The number of hydrogen-bond acceptors (Lipinski definition) is 1. The van der Waals surface area contributed by atoms with Crippen molar-refractivity contribution in [1.82, 2.24) is 0 Å². The molecule has 0 bridgehead atoms. The second kappa shape index (κ2) is 4.13. The van der Waals surface area contributed by atoms with E-state index in [1.54, 1.807) is 18.2 Å². The molecule has 3 nitrogen and oxygen atoms in total. The van der Waals surface area contributed by atoms with Crippen LogP contribution in [0.5, 0.6) is 0 Å². The lowest BCUT2D eigenvalue weighted by Crippen LogP contribution is -2.13.